The summed E-state index contributed by atoms with van der Waals surface area (Å²) in [7, 11) is 0. The van der Waals surface area contributed by atoms with Crippen LogP contribution in [0.3, 0.4) is 0 Å². The van der Waals surface area contributed by atoms with Crippen molar-refractivity contribution in [1.29, 1.82) is 0 Å². The molecule has 0 heterocycles. The van der Waals surface area contributed by atoms with Crippen LogP contribution in [0.4, 0.5) is 4.79 Å². The molecule has 7 nitrogen and oxygen atoms in total. The predicted molar refractivity (Wildman–Crippen MR) is 128 cm³/mol. The summed E-state index contributed by atoms with van der Waals surface area (Å²) in [5, 5.41) is 14.3. The molecule has 4 rings (SSSR count). The van der Waals surface area contributed by atoms with Gasteiger partial charge in [0.2, 0.25) is 5.91 Å². The van der Waals surface area contributed by atoms with Gasteiger partial charge in [-0.05, 0) is 53.3 Å². The van der Waals surface area contributed by atoms with Crippen molar-refractivity contribution in [3.05, 3.63) is 95.1 Å². The summed E-state index contributed by atoms with van der Waals surface area (Å²) >= 11 is 0. The molecular formula is C27H26N2O5. The molecule has 1 atom stereocenters. The summed E-state index contributed by atoms with van der Waals surface area (Å²) < 4.78 is 5.49. The van der Waals surface area contributed by atoms with E-state index in [0.29, 0.717) is 13.0 Å². The third kappa shape index (κ3) is 5.09. The van der Waals surface area contributed by atoms with Gasteiger partial charge in [0.15, 0.2) is 0 Å². The third-order valence-corrected chi connectivity index (χ3v) is 5.99. The Kier molecular flexibility index (Phi) is 6.92. The van der Waals surface area contributed by atoms with E-state index in [1.165, 1.54) is 12.1 Å². The van der Waals surface area contributed by atoms with Crippen LogP contribution in [0.15, 0.2) is 72.8 Å². The molecular weight excluding hydrogens is 432 g/mol. The van der Waals surface area contributed by atoms with Crippen molar-refractivity contribution >= 4 is 18.0 Å². The zero-order valence-electron chi connectivity index (χ0n) is 18.8. The van der Waals surface area contributed by atoms with E-state index in [2.05, 4.69) is 22.8 Å². The van der Waals surface area contributed by atoms with Crippen molar-refractivity contribution in [3.8, 4) is 11.1 Å². The number of hydrogen-bond acceptors (Lipinski definition) is 4. The van der Waals surface area contributed by atoms with E-state index >= 15 is 0 Å². The lowest BCUT2D eigenvalue weighted by molar-refractivity contribution is -0.122. The van der Waals surface area contributed by atoms with Crippen molar-refractivity contribution in [2.75, 3.05) is 13.2 Å². The minimum absolute atomic E-state index is 0.0465. The smallest absolute Gasteiger partial charge is 0.407 e. The van der Waals surface area contributed by atoms with Crippen LogP contribution in [-0.2, 0) is 16.0 Å². The summed E-state index contributed by atoms with van der Waals surface area (Å²) in [6, 6.07) is 21.9. The molecule has 3 N–H and O–H groups in total. The van der Waals surface area contributed by atoms with Crippen LogP contribution >= 0.6 is 0 Å². The number of aromatic carboxylic acids is 1. The Morgan fingerprint density at radius 1 is 0.912 bits per heavy atom. The van der Waals surface area contributed by atoms with Crippen molar-refractivity contribution < 1.29 is 24.2 Å². The number of alkyl carbamates (subject to hydrolysis) is 1. The number of ether oxygens (including phenoxy) is 1. The minimum atomic E-state index is -0.979. The molecule has 0 aromatic heterocycles. The number of carboxylic acids is 1. The maximum atomic E-state index is 12.4. The van der Waals surface area contributed by atoms with Crippen LogP contribution < -0.4 is 10.6 Å². The first kappa shape index (κ1) is 23.0. The van der Waals surface area contributed by atoms with Gasteiger partial charge in [-0.3, -0.25) is 4.79 Å². The molecule has 7 heteroatoms. The van der Waals surface area contributed by atoms with Crippen molar-refractivity contribution in [2.45, 2.75) is 25.3 Å². The monoisotopic (exact) mass is 458 g/mol. The number of nitrogens with one attached hydrogen (secondary N) is 2. The Bertz CT molecular complexity index is 1160. The third-order valence-electron chi connectivity index (χ3n) is 5.99. The van der Waals surface area contributed by atoms with Crippen LogP contribution in [0.2, 0.25) is 0 Å². The average molecular weight is 459 g/mol. The molecule has 3 aromatic rings. The van der Waals surface area contributed by atoms with Crippen molar-refractivity contribution in [1.82, 2.24) is 10.6 Å². The van der Waals surface area contributed by atoms with Gasteiger partial charge in [-0.1, -0.05) is 60.7 Å². The molecule has 0 aliphatic heterocycles. The molecule has 0 spiro atoms. The number of carbonyl (C=O) groups excluding carboxylic acids is 2. The topological polar surface area (TPSA) is 105 Å². The average Bonchev–Trinajstić information content (AvgIpc) is 3.16. The number of fused-ring (bicyclic) bond motifs is 3. The lowest BCUT2D eigenvalue weighted by Gasteiger charge is -2.17. The second-order valence-corrected chi connectivity index (χ2v) is 8.23. The lowest BCUT2D eigenvalue weighted by Crippen LogP contribution is -2.45. The van der Waals surface area contributed by atoms with Gasteiger partial charge < -0.3 is 20.5 Å². The molecule has 0 saturated carbocycles. The van der Waals surface area contributed by atoms with Crippen LogP contribution in [0, 0.1) is 0 Å². The number of carboxylic acid groups (broad SMARTS) is 1. The molecule has 2 amide bonds. The first-order chi connectivity index (χ1) is 16.4. The van der Waals surface area contributed by atoms with E-state index in [1.807, 2.05) is 36.4 Å². The number of benzene rings is 3. The van der Waals surface area contributed by atoms with Gasteiger partial charge in [-0.25, -0.2) is 9.59 Å². The van der Waals surface area contributed by atoms with Gasteiger partial charge >= 0.3 is 12.1 Å². The molecule has 1 aliphatic carbocycles. The fourth-order valence-electron chi connectivity index (χ4n) is 4.18. The summed E-state index contributed by atoms with van der Waals surface area (Å²) in [6.07, 6.45) is -0.0997. The van der Waals surface area contributed by atoms with E-state index < -0.39 is 18.1 Å². The van der Waals surface area contributed by atoms with Crippen molar-refractivity contribution in [2.24, 2.45) is 0 Å². The molecule has 0 radical (unpaired) electrons. The highest BCUT2D eigenvalue weighted by molar-refractivity contribution is 5.87. The van der Waals surface area contributed by atoms with E-state index in [4.69, 9.17) is 9.84 Å². The fourth-order valence-corrected chi connectivity index (χ4v) is 4.18. The van der Waals surface area contributed by atoms with Gasteiger partial charge in [0.1, 0.15) is 12.6 Å². The highest BCUT2D eigenvalue weighted by Gasteiger charge is 2.29. The SMILES string of the molecule is C[C@@H](NC(=O)OCC1c2ccccc2-c2ccccc21)C(=O)NCCc1ccc(C(=O)O)cc1. The summed E-state index contributed by atoms with van der Waals surface area (Å²) in [4.78, 5) is 35.6. The van der Waals surface area contributed by atoms with Crippen LogP contribution in [0.5, 0.6) is 0 Å². The van der Waals surface area contributed by atoms with E-state index in [9.17, 15) is 14.4 Å². The Hall–Kier alpha value is -4.13. The van der Waals surface area contributed by atoms with Gasteiger partial charge in [-0.2, -0.15) is 0 Å². The van der Waals surface area contributed by atoms with Gasteiger partial charge in [0, 0.05) is 12.5 Å². The zero-order chi connectivity index (χ0) is 24.1. The molecule has 1 aliphatic rings. The summed E-state index contributed by atoms with van der Waals surface area (Å²) in [5.41, 5.74) is 5.67. The first-order valence-electron chi connectivity index (χ1n) is 11.2. The van der Waals surface area contributed by atoms with E-state index in [0.717, 1.165) is 27.8 Å². The number of rotatable bonds is 8. The Morgan fingerprint density at radius 2 is 1.50 bits per heavy atom. The molecule has 0 unspecified atom stereocenters. The highest BCUT2D eigenvalue weighted by atomic mass is 16.5. The normalized spacial score (nSPS) is 12.9. The lowest BCUT2D eigenvalue weighted by atomic mass is 9.98. The highest BCUT2D eigenvalue weighted by Crippen LogP contribution is 2.44. The van der Waals surface area contributed by atoms with Crippen molar-refractivity contribution in [3.63, 3.8) is 0 Å². The Morgan fingerprint density at radius 3 is 2.09 bits per heavy atom. The van der Waals surface area contributed by atoms with Gasteiger partial charge in [-0.15, -0.1) is 0 Å². The van der Waals surface area contributed by atoms with Crippen LogP contribution in [-0.4, -0.2) is 42.3 Å². The second-order valence-electron chi connectivity index (χ2n) is 8.23. The van der Waals surface area contributed by atoms with Gasteiger partial charge in [0.05, 0.1) is 5.56 Å². The molecule has 0 saturated heterocycles. The largest absolute Gasteiger partial charge is 0.478 e. The van der Waals surface area contributed by atoms with E-state index in [-0.39, 0.29) is 24.0 Å². The number of hydrogen-bond donors (Lipinski definition) is 3. The van der Waals surface area contributed by atoms with Gasteiger partial charge in [0.25, 0.3) is 0 Å². The Balaban J connectivity index is 1.25. The number of carbonyl (C=O) groups is 3. The van der Waals surface area contributed by atoms with Crippen LogP contribution in [0.1, 0.15) is 39.9 Å². The van der Waals surface area contributed by atoms with E-state index in [1.54, 1.807) is 19.1 Å². The second kappa shape index (κ2) is 10.2. The predicted octanol–water partition coefficient (Wildman–Crippen LogP) is 3.97. The molecule has 0 fully saturated rings. The standard InChI is InChI=1S/C27H26N2O5/c1-17(25(30)28-15-14-18-10-12-19(13-11-18)26(31)32)29-27(33)34-16-24-22-8-4-2-6-20(22)21-7-3-5-9-23(21)24/h2-13,17,24H,14-16H2,1H3,(H,28,30)(H,29,33)(H,31,32)/t17-/m1/s1. The fraction of sp³-hybridized carbons (Fsp3) is 0.222. The molecule has 0 bridgehead atoms. The summed E-state index contributed by atoms with van der Waals surface area (Å²) in [5.74, 6) is -1.35. The first-order valence-corrected chi connectivity index (χ1v) is 11.2. The Labute approximate surface area is 197 Å². The molecule has 3 aromatic carbocycles. The minimum Gasteiger partial charge on any atom is -0.478 e. The number of amides is 2. The maximum Gasteiger partial charge on any atom is 0.407 e. The quantitative estimate of drug-likeness (QED) is 0.474. The maximum absolute atomic E-state index is 12.4. The summed E-state index contributed by atoms with van der Waals surface area (Å²) in [6.45, 7) is 2.14. The zero-order valence-corrected chi connectivity index (χ0v) is 18.8. The molecule has 34 heavy (non-hydrogen) atoms. The van der Waals surface area contributed by atoms with Crippen LogP contribution in [0.25, 0.3) is 11.1 Å². The molecule has 174 valence electrons.